The van der Waals surface area contributed by atoms with Gasteiger partial charge in [-0.3, -0.25) is 9.00 Å². The van der Waals surface area contributed by atoms with Crippen LogP contribution in [-0.2, 0) is 22.6 Å². The van der Waals surface area contributed by atoms with E-state index in [0.717, 1.165) is 12.5 Å². The predicted octanol–water partition coefficient (Wildman–Crippen LogP) is 1.08. The van der Waals surface area contributed by atoms with Crippen molar-refractivity contribution in [2.45, 2.75) is 20.9 Å². The van der Waals surface area contributed by atoms with Gasteiger partial charge in [0.25, 0.3) is 5.97 Å². The molecular formula is C10H17N2O4S-. The van der Waals surface area contributed by atoms with E-state index in [-0.39, 0.29) is 7.43 Å². The van der Waals surface area contributed by atoms with E-state index in [1.54, 1.807) is 18.2 Å². The number of nitrogens with one attached hydrogen (secondary N) is 1. The minimum atomic E-state index is -2.27. The second kappa shape index (κ2) is 9.76. The number of carboxylic acids is 1. The van der Waals surface area contributed by atoms with Gasteiger partial charge in [0.15, 0.2) is 0 Å². The summed E-state index contributed by atoms with van der Waals surface area (Å²) in [5, 5.41) is 7.42. The molecule has 1 atom stereocenters. The van der Waals surface area contributed by atoms with Crippen LogP contribution in [0.1, 0.15) is 19.9 Å². The van der Waals surface area contributed by atoms with Crippen LogP contribution in [0.3, 0.4) is 0 Å². The number of carbonyl (C=O) groups is 1. The van der Waals surface area contributed by atoms with Crippen molar-refractivity contribution in [2.75, 3.05) is 4.72 Å². The summed E-state index contributed by atoms with van der Waals surface area (Å²) >= 11 is -2.27. The van der Waals surface area contributed by atoms with E-state index in [2.05, 4.69) is 4.72 Å². The fourth-order valence-electron chi connectivity index (χ4n) is 0.858. The average molecular weight is 261 g/mol. The van der Waals surface area contributed by atoms with Crippen molar-refractivity contribution in [3.05, 3.63) is 29.8 Å². The zero-order valence-electron chi connectivity index (χ0n) is 8.67. The molecule has 6 nitrogen and oxygen atoms in total. The van der Waals surface area contributed by atoms with Gasteiger partial charge < -0.3 is 20.1 Å². The van der Waals surface area contributed by atoms with Gasteiger partial charge in [0.1, 0.15) is 0 Å². The SMILES string of the molecule is C.CC(=O)O.NCc1cccc(NS(=O)[O-])c1. The van der Waals surface area contributed by atoms with Crippen LogP contribution >= 0.6 is 0 Å². The molecule has 0 aromatic heterocycles. The van der Waals surface area contributed by atoms with Crippen molar-refractivity contribution in [3.63, 3.8) is 0 Å². The van der Waals surface area contributed by atoms with Crippen molar-refractivity contribution < 1.29 is 18.7 Å². The Labute approximate surface area is 103 Å². The molecule has 0 heterocycles. The summed E-state index contributed by atoms with van der Waals surface area (Å²) < 4.78 is 22.7. The molecule has 98 valence electrons. The maximum atomic E-state index is 10.2. The number of carboxylic acid groups (broad SMARTS) is 1. The second-order valence-electron chi connectivity index (χ2n) is 2.76. The summed E-state index contributed by atoms with van der Waals surface area (Å²) in [7, 11) is 0. The van der Waals surface area contributed by atoms with E-state index in [1.807, 2.05) is 6.07 Å². The zero-order valence-corrected chi connectivity index (χ0v) is 9.49. The first-order chi connectivity index (χ1) is 7.45. The molecule has 1 aromatic carbocycles. The number of hydrogen-bond acceptors (Lipinski definition) is 4. The van der Waals surface area contributed by atoms with Crippen molar-refractivity contribution >= 4 is 22.9 Å². The van der Waals surface area contributed by atoms with Crippen LogP contribution in [0.25, 0.3) is 0 Å². The van der Waals surface area contributed by atoms with Gasteiger partial charge in [-0.2, -0.15) is 0 Å². The number of benzene rings is 1. The van der Waals surface area contributed by atoms with Gasteiger partial charge in [-0.25, -0.2) is 0 Å². The molecule has 0 saturated carbocycles. The van der Waals surface area contributed by atoms with E-state index in [0.29, 0.717) is 12.2 Å². The van der Waals surface area contributed by atoms with E-state index in [4.69, 9.17) is 15.6 Å². The highest BCUT2D eigenvalue weighted by atomic mass is 32.2. The van der Waals surface area contributed by atoms with Crippen LogP contribution in [0.5, 0.6) is 0 Å². The maximum Gasteiger partial charge on any atom is 0.300 e. The number of aliphatic carboxylic acids is 1. The van der Waals surface area contributed by atoms with Crippen LogP contribution in [0.2, 0.25) is 0 Å². The maximum absolute atomic E-state index is 10.2. The van der Waals surface area contributed by atoms with Crippen LogP contribution < -0.4 is 10.5 Å². The van der Waals surface area contributed by atoms with Crippen molar-refractivity contribution in [3.8, 4) is 0 Å². The number of hydrogen-bond donors (Lipinski definition) is 3. The first kappa shape index (κ1) is 17.9. The van der Waals surface area contributed by atoms with Crippen LogP contribution in [0, 0.1) is 0 Å². The predicted molar refractivity (Wildman–Crippen MR) is 66.9 cm³/mol. The molecule has 1 unspecified atom stereocenters. The molecule has 17 heavy (non-hydrogen) atoms. The first-order valence-electron chi connectivity index (χ1n) is 4.30. The highest BCUT2D eigenvalue weighted by molar-refractivity contribution is 7.80. The Bertz CT molecular complexity index is 367. The summed E-state index contributed by atoms with van der Waals surface area (Å²) in [6.45, 7) is 1.49. The standard InChI is InChI=1S/C7H10N2O2S.C2H4O2.CH4/c8-5-6-2-1-3-7(4-6)9-12(10)11;1-2(3)4;/h1-4,9H,5,8H2,(H,10,11);1H3,(H,3,4);1H4/p-1. The lowest BCUT2D eigenvalue weighted by molar-refractivity contribution is -0.134. The largest absolute Gasteiger partial charge is 0.755 e. The summed E-state index contributed by atoms with van der Waals surface area (Å²) in [5.41, 5.74) is 6.80. The van der Waals surface area contributed by atoms with Crippen molar-refractivity contribution in [1.29, 1.82) is 0 Å². The van der Waals surface area contributed by atoms with E-state index in [1.165, 1.54) is 0 Å². The normalized spacial score (nSPS) is 10.3. The molecule has 7 heteroatoms. The summed E-state index contributed by atoms with van der Waals surface area (Å²) in [4.78, 5) is 9.00. The minimum Gasteiger partial charge on any atom is -0.755 e. The molecular weight excluding hydrogens is 244 g/mol. The Kier molecular flexibility index (Phi) is 10.3. The molecule has 0 aliphatic heterocycles. The molecule has 0 aliphatic carbocycles. The summed E-state index contributed by atoms with van der Waals surface area (Å²) in [5.74, 6) is -0.833. The first-order valence-corrected chi connectivity index (χ1v) is 5.37. The Morgan fingerprint density at radius 2 is 2.12 bits per heavy atom. The third-order valence-corrected chi connectivity index (χ3v) is 1.77. The van der Waals surface area contributed by atoms with Crippen LogP contribution in [0.15, 0.2) is 24.3 Å². The summed E-state index contributed by atoms with van der Waals surface area (Å²) in [6, 6.07) is 6.93. The molecule has 0 aliphatic rings. The molecule has 0 radical (unpaired) electrons. The van der Waals surface area contributed by atoms with Gasteiger partial charge in [0, 0.05) is 30.4 Å². The lowest BCUT2D eigenvalue weighted by Gasteiger charge is -2.08. The smallest absolute Gasteiger partial charge is 0.300 e. The second-order valence-corrected chi connectivity index (χ2v) is 3.43. The van der Waals surface area contributed by atoms with Gasteiger partial charge in [-0.15, -0.1) is 0 Å². The van der Waals surface area contributed by atoms with Gasteiger partial charge in [-0.1, -0.05) is 19.6 Å². The van der Waals surface area contributed by atoms with E-state index < -0.39 is 17.2 Å². The molecule has 0 spiro atoms. The highest BCUT2D eigenvalue weighted by Crippen LogP contribution is 2.09. The minimum absolute atomic E-state index is 0. The molecule has 0 saturated heterocycles. The van der Waals surface area contributed by atoms with Crippen LogP contribution in [0.4, 0.5) is 5.69 Å². The molecule has 0 amide bonds. The number of rotatable bonds is 3. The Morgan fingerprint density at radius 1 is 1.59 bits per heavy atom. The Balaban J connectivity index is 0. The average Bonchev–Trinajstić information content (AvgIpc) is 2.16. The Hall–Kier alpha value is -1.44. The third-order valence-electron chi connectivity index (χ3n) is 1.36. The van der Waals surface area contributed by atoms with Gasteiger partial charge in [0.05, 0.1) is 0 Å². The van der Waals surface area contributed by atoms with Crippen LogP contribution in [-0.4, -0.2) is 19.8 Å². The quantitative estimate of drug-likeness (QED) is 0.704. The topological polar surface area (TPSA) is 115 Å². The van der Waals surface area contributed by atoms with Gasteiger partial charge >= 0.3 is 0 Å². The number of anilines is 1. The van der Waals surface area contributed by atoms with Crippen molar-refractivity contribution in [1.82, 2.24) is 0 Å². The lowest BCUT2D eigenvalue weighted by Crippen LogP contribution is -2.03. The highest BCUT2D eigenvalue weighted by Gasteiger charge is 1.92. The number of nitrogens with two attached hydrogens (primary N) is 1. The van der Waals surface area contributed by atoms with E-state index in [9.17, 15) is 8.76 Å². The lowest BCUT2D eigenvalue weighted by atomic mass is 10.2. The van der Waals surface area contributed by atoms with Gasteiger partial charge in [-0.05, 0) is 17.7 Å². The molecule has 1 aromatic rings. The van der Waals surface area contributed by atoms with Gasteiger partial charge in [0.2, 0.25) is 0 Å². The van der Waals surface area contributed by atoms with Crippen molar-refractivity contribution in [2.24, 2.45) is 5.73 Å². The molecule has 0 fully saturated rings. The summed E-state index contributed by atoms with van der Waals surface area (Å²) in [6.07, 6.45) is 0. The Morgan fingerprint density at radius 3 is 2.53 bits per heavy atom. The molecule has 4 N–H and O–H groups in total. The monoisotopic (exact) mass is 261 g/mol. The fourth-order valence-corrected chi connectivity index (χ4v) is 1.18. The molecule has 0 bridgehead atoms. The fraction of sp³-hybridized carbons (Fsp3) is 0.300. The van der Waals surface area contributed by atoms with E-state index >= 15 is 0 Å². The third kappa shape index (κ3) is 10.8. The zero-order chi connectivity index (χ0) is 12.6. The molecule has 1 rings (SSSR count).